The highest BCUT2D eigenvalue weighted by Crippen LogP contribution is 2.34. The van der Waals surface area contributed by atoms with E-state index in [1.165, 1.54) is 0 Å². The zero-order valence-electron chi connectivity index (χ0n) is 15.0. The lowest BCUT2D eigenvalue weighted by atomic mass is 9.90. The molecule has 0 radical (unpaired) electrons. The van der Waals surface area contributed by atoms with E-state index in [2.05, 4.69) is 13.8 Å². The summed E-state index contributed by atoms with van der Waals surface area (Å²) >= 11 is 0. The smallest absolute Gasteiger partial charge is 0.410 e. The van der Waals surface area contributed by atoms with Crippen molar-refractivity contribution in [1.29, 1.82) is 0 Å². The maximum atomic E-state index is 12.4. The van der Waals surface area contributed by atoms with Crippen molar-refractivity contribution in [2.75, 3.05) is 32.8 Å². The quantitative estimate of drug-likeness (QED) is 0.772. The number of carbonyl (C=O) groups excluding carboxylic acids is 2. The Morgan fingerprint density at radius 1 is 1.29 bits per heavy atom. The number of rotatable bonds is 5. The molecule has 136 valence electrons. The van der Waals surface area contributed by atoms with Crippen LogP contribution < -0.4 is 0 Å². The molecular weight excluding hydrogens is 308 g/mol. The van der Waals surface area contributed by atoms with Gasteiger partial charge in [0, 0.05) is 39.1 Å². The van der Waals surface area contributed by atoms with Crippen molar-refractivity contribution < 1.29 is 19.1 Å². The zero-order valence-corrected chi connectivity index (χ0v) is 15.0. The van der Waals surface area contributed by atoms with Crippen LogP contribution in [-0.2, 0) is 14.3 Å². The third kappa shape index (κ3) is 3.53. The first-order valence-corrected chi connectivity index (χ1v) is 9.45. The molecule has 0 unspecified atom stereocenters. The first kappa shape index (κ1) is 17.5. The SMILES string of the molecule is CCC(CC)CN1CC2(CCN(C(=O)[C@H]3CCCO3)CC2)OC1=O. The second-order valence-electron chi connectivity index (χ2n) is 7.44. The van der Waals surface area contributed by atoms with Gasteiger partial charge in [0.05, 0.1) is 6.54 Å². The van der Waals surface area contributed by atoms with Crippen molar-refractivity contribution in [2.24, 2.45) is 5.92 Å². The molecule has 0 aromatic rings. The lowest BCUT2D eigenvalue weighted by Crippen LogP contribution is -2.51. The molecule has 6 nitrogen and oxygen atoms in total. The Kier molecular flexibility index (Phi) is 5.33. The Balaban J connectivity index is 1.53. The van der Waals surface area contributed by atoms with E-state index in [-0.39, 0.29) is 18.1 Å². The van der Waals surface area contributed by atoms with Crippen molar-refractivity contribution in [1.82, 2.24) is 9.80 Å². The molecule has 0 aromatic carbocycles. The van der Waals surface area contributed by atoms with E-state index >= 15 is 0 Å². The van der Waals surface area contributed by atoms with Crippen LogP contribution in [-0.4, -0.2) is 66.3 Å². The van der Waals surface area contributed by atoms with Crippen LogP contribution in [0.15, 0.2) is 0 Å². The second-order valence-corrected chi connectivity index (χ2v) is 7.44. The molecule has 1 spiro atoms. The van der Waals surface area contributed by atoms with Crippen LogP contribution in [0.1, 0.15) is 52.4 Å². The van der Waals surface area contributed by atoms with Gasteiger partial charge in [-0.25, -0.2) is 4.79 Å². The summed E-state index contributed by atoms with van der Waals surface area (Å²) in [5, 5.41) is 0. The fraction of sp³-hybridized carbons (Fsp3) is 0.889. The molecule has 3 saturated heterocycles. The van der Waals surface area contributed by atoms with Gasteiger partial charge in [-0.1, -0.05) is 26.7 Å². The van der Waals surface area contributed by atoms with Gasteiger partial charge >= 0.3 is 6.09 Å². The van der Waals surface area contributed by atoms with Crippen LogP contribution in [0.25, 0.3) is 0 Å². The summed E-state index contributed by atoms with van der Waals surface area (Å²) in [6.07, 6.45) is 4.99. The van der Waals surface area contributed by atoms with E-state index in [0.717, 1.165) is 45.1 Å². The van der Waals surface area contributed by atoms with E-state index in [1.807, 2.05) is 9.80 Å². The number of amides is 2. The normalized spacial score (nSPS) is 26.5. The number of ether oxygens (including phenoxy) is 2. The van der Waals surface area contributed by atoms with Crippen molar-refractivity contribution in [3.8, 4) is 0 Å². The number of likely N-dealkylation sites (tertiary alicyclic amines) is 1. The molecule has 0 aliphatic carbocycles. The number of piperidine rings is 1. The highest BCUT2D eigenvalue weighted by atomic mass is 16.6. The Bertz CT molecular complexity index is 464. The largest absolute Gasteiger partial charge is 0.441 e. The van der Waals surface area contributed by atoms with E-state index in [4.69, 9.17) is 9.47 Å². The molecule has 24 heavy (non-hydrogen) atoms. The first-order chi connectivity index (χ1) is 11.6. The van der Waals surface area contributed by atoms with E-state index in [1.54, 1.807) is 0 Å². The molecule has 3 aliphatic heterocycles. The van der Waals surface area contributed by atoms with Gasteiger partial charge in [0.2, 0.25) is 0 Å². The minimum Gasteiger partial charge on any atom is -0.441 e. The lowest BCUT2D eigenvalue weighted by Gasteiger charge is -2.38. The molecule has 6 heteroatoms. The molecule has 2 amide bonds. The van der Waals surface area contributed by atoms with Gasteiger partial charge in [-0.3, -0.25) is 4.79 Å². The zero-order chi connectivity index (χ0) is 17.2. The molecule has 0 bridgehead atoms. The molecule has 1 atom stereocenters. The predicted octanol–water partition coefficient (Wildman–Crippen LogP) is 2.42. The van der Waals surface area contributed by atoms with E-state index in [0.29, 0.717) is 32.2 Å². The lowest BCUT2D eigenvalue weighted by molar-refractivity contribution is -0.144. The van der Waals surface area contributed by atoms with Gasteiger partial charge in [-0.15, -0.1) is 0 Å². The van der Waals surface area contributed by atoms with Crippen molar-refractivity contribution in [2.45, 2.75) is 64.1 Å². The average molecular weight is 338 g/mol. The Morgan fingerprint density at radius 2 is 2.00 bits per heavy atom. The Hall–Kier alpha value is -1.30. The predicted molar refractivity (Wildman–Crippen MR) is 89.6 cm³/mol. The summed E-state index contributed by atoms with van der Waals surface area (Å²) in [5.74, 6) is 0.648. The highest BCUT2D eigenvalue weighted by molar-refractivity contribution is 5.81. The summed E-state index contributed by atoms with van der Waals surface area (Å²) in [4.78, 5) is 28.4. The van der Waals surface area contributed by atoms with Crippen molar-refractivity contribution in [3.05, 3.63) is 0 Å². The molecule has 0 saturated carbocycles. The van der Waals surface area contributed by atoms with Gasteiger partial charge < -0.3 is 19.3 Å². The topological polar surface area (TPSA) is 59.1 Å². The molecule has 0 aromatic heterocycles. The molecule has 3 rings (SSSR count). The van der Waals surface area contributed by atoms with Crippen LogP contribution >= 0.6 is 0 Å². The monoisotopic (exact) mass is 338 g/mol. The van der Waals surface area contributed by atoms with Crippen LogP contribution in [0, 0.1) is 5.92 Å². The van der Waals surface area contributed by atoms with Gasteiger partial charge in [0.15, 0.2) is 0 Å². The number of hydrogen-bond acceptors (Lipinski definition) is 4. The van der Waals surface area contributed by atoms with E-state index < -0.39 is 5.60 Å². The number of nitrogens with zero attached hydrogens (tertiary/aromatic N) is 2. The highest BCUT2D eigenvalue weighted by Gasteiger charge is 2.48. The summed E-state index contributed by atoms with van der Waals surface area (Å²) in [6, 6.07) is 0. The summed E-state index contributed by atoms with van der Waals surface area (Å²) in [7, 11) is 0. The van der Waals surface area contributed by atoms with Gasteiger partial charge in [0.1, 0.15) is 11.7 Å². The van der Waals surface area contributed by atoms with Crippen LogP contribution in [0.3, 0.4) is 0 Å². The summed E-state index contributed by atoms with van der Waals surface area (Å²) in [6.45, 7) is 7.80. The molecular formula is C18H30N2O4. The van der Waals surface area contributed by atoms with Crippen LogP contribution in [0.2, 0.25) is 0 Å². The average Bonchev–Trinajstić information content (AvgIpc) is 3.22. The second kappa shape index (κ2) is 7.30. The maximum absolute atomic E-state index is 12.4. The van der Waals surface area contributed by atoms with Gasteiger partial charge in [-0.05, 0) is 18.8 Å². The van der Waals surface area contributed by atoms with E-state index in [9.17, 15) is 9.59 Å². The first-order valence-electron chi connectivity index (χ1n) is 9.45. The Morgan fingerprint density at radius 3 is 2.58 bits per heavy atom. The molecule has 0 N–H and O–H groups in total. The van der Waals surface area contributed by atoms with Crippen molar-refractivity contribution in [3.63, 3.8) is 0 Å². The minimum atomic E-state index is -0.392. The van der Waals surface area contributed by atoms with Crippen LogP contribution in [0.5, 0.6) is 0 Å². The fourth-order valence-corrected chi connectivity index (χ4v) is 4.06. The maximum Gasteiger partial charge on any atom is 0.410 e. The van der Waals surface area contributed by atoms with Crippen LogP contribution in [0.4, 0.5) is 4.79 Å². The minimum absolute atomic E-state index is 0.112. The molecule has 3 aliphatic rings. The number of hydrogen-bond donors (Lipinski definition) is 0. The fourth-order valence-electron chi connectivity index (χ4n) is 4.06. The third-order valence-corrected chi connectivity index (χ3v) is 5.87. The van der Waals surface area contributed by atoms with Gasteiger partial charge in [0.25, 0.3) is 5.91 Å². The third-order valence-electron chi connectivity index (χ3n) is 5.87. The standard InChI is InChI=1S/C18H30N2O4/c1-3-14(4-2)12-20-13-18(24-17(20)22)7-9-19(10-8-18)16(21)15-6-5-11-23-15/h14-15H,3-13H2,1-2H3/t15-/m1/s1. The molecule has 3 heterocycles. The summed E-state index contributed by atoms with van der Waals surface area (Å²) in [5.41, 5.74) is -0.392. The van der Waals surface area contributed by atoms with Crippen molar-refractivity contribution >= 4 is 12.0 Å². The number of carbonyl (C=O) groups is 2. The van der Waals surface area contributed by atoms with Gasteiger partial charge in [-0.2, -0.15) is 0 Å². The Labute approximate surface area is 144 Å². The summed E-state index contributed by atoms with van der Waals surface area (Å²) < 4.78 is 11.3. The molecule has 3 fully saturated rings.